The van der Waals surface area contributed by atoms with Gasteiger partial charge in [0, 0.05) is 28.3 Å². The molecule has 3 atom stereocenters. The van der Waals surface area contributed by atoms with Crippen LogP contribution in [0, 0.1) is 0 Å². The third kappa shape index (κ3) is 3.77. The normalized spacial score (nSPS) is 31.5. The zero-order valence-corrected chi connectivity index (χ0v) is 9.53. The first-order valence-electron chi connectivity index (χ1n) is 5.29. The largest absolute Gasteiger partial charge is 0.314 e. The summed E-state index contributed by atoms with van der Waals surface area (Å²) in [4.78, 5) is 0. The van der Waals surface area contributed by atoms with Gasteiger partial charge in [0.05, 0.1) is 0 Å². The molecule has 3 heteroatoms. The first kappa shape index (κ1) is 11.2. The van der Waals surface area contributed by atoms with E-state index in [9.17, 15) is 4.21 Å². The summed E-state index contributed by atoms with van der Waals surface area (Å²) < 4.78 is 11.3. The summed E-state index contributed by atoms with van der Waals surface area (Å²) in [7, 11) is -0.618. The van der Waals surface area contributed by atoms with Gasteiger partial charge in [0.15, 0.2) is 0 Å². The molecule has 0 spiro atoms. The molecule has 78 valence electrons. The molecule has 1 fully saturated rings. The Bertz CT molecular complexity index is 172. The van der Waals surface area contributed by atoms with Gasteiger partial charge in [0.1, 0.15) is 0 Å². The van der Waals surface area contributed by atoms with Crippen molar-refractivity contribution in [1.29, 1.82) is 0 Å². The van der Waals surface area contributed by atoms with Crippen molar-refractivity contribution in [2.24, 2.45) is 0 Å². The summed E-state index contributed by atoms with van der Waals surface area (Å²) in [6.45, 7) is 3.29. The van der Waals surface area contributed by atoms with Gasteiger partial charge >= 0.3 is 0 Å². The van der Waals surface area contributed by atoms with Crippen LogP contribution in [0.3, 0.4) is 0 Å². The molecule has 2 nitrogen and oxygen atoms in total. The molecule has 1 aliphatic rings. The molecule has 0 bridgehead atoms. The smallest absolute Gasteiger partial charge is 0.0360 e. The fourth-order valence-corrected chi connectivity index (χ4v) is 2.98. The van der Waals surface area contributed by atoms with Gasteiger partial charge in [-0.1, -0.05) is 13.3 Å². The van der Waals surface area contributed by atoms with Gasteiger partial charge in [-0.3, -0.25) is 4.21 Å². The highest BCUT2D eigenvalue weighted by molar-refractivity contribution is 7.84. The number of nitrogens with one attached hydrogen (secondary N) is 1. The molecule has 0 aromatic carbocycles. The fraction of sp³-hybridized carbons (Fsp3) is 1.00. The molecule has 0 radical (unpaired) electrons. The van der Waals surface area contributed by atoms with Crippen LogP contribution in [0.5, 0.6) is 0 Å². The molecule has 0 aromatic rings. The molecular weight excluding hydrogens is 182 g/mol. The Morgan fingerprint density at radius 1 is 1.46 bits per heavy atom. The molecule has 1 saturated carbocycles. The minimum absolute atomic E-state index is 0.447. The summed E-state index contributed by atoms with van der Waals surface area (Å²) in [5.74, 6) is 0. The van der Waals surface area contributed by atoms with Gasteiger partial charge in [-0.2, -0.15) is 0 Å². The summed E-state index contributed by atoms with van der Waals surface area (Å²) in [5.41, 5.74) is 0. The van der Waals surface area contributed by atoms with E-state index >= 15 is 0 Å². The van der Waals surface area contributed by atoms with E-state index in [1.807, 2.05) is 6.26 Å². The van der Waals surface area contributed by atoms with Crippen LogP contribution < -0.4 is 5.32 Å². The van der Waals surface area contributed by atoms with Crippen LogP contribution in [0.15, 0.2) is 0 Å². The minimum atomic E-state index is -0.618. The third-order valence-corrected chi connectivity index (χ3v) is 4.15. The van der Waals surface area contributed by atoms with E-state index in [0.717, 1.165) is 19.4 Å². The van der Waals surface area contributed by atoms with E-state index in [1.54, 1.807) is 0 Å². The Balaban J connectivity index is 2.29. The van der Waals surface area contributed by atoms with Crippen LogP contribution in [0.4, 0.5) is 0 Å². The maximum Gasteiger partial charge on any atom is 0.0360 e. The minimum Gasteiger partial charge on any atom is -0.314 e. The first-order chi connectivity index (χ1) is 6.24. The highest BCUT2D eigenvalue weighted by Crippen LogP contribution is 2.21. The summed E-state index contributed by atoms with van der Waals surface area (Å²) >= 11 is 0. The second-order valence-electron chi connectivity index (χ2n) is 3.94. The molecule has 1 aliphatic carbocycles. The van der Waals surface area contributed by atoms with Crippen LogP contribution in [-0.2, 0) is 10.8 Å². The molecule has 1 rings (SSSR count). The Kier molecular flexibility index (Phi) is 4.96. The average molecular weight is 203 g/mol. The maximum atomic E-state index is 11.3. The van der Waals surface area contributed by atoms with E-state index in [-0.39, 0.29) is 0 Å². The lowest BCUT2D eigenvalue weighted by molar-refractivity contribution is 0.378. The Hall–Kier alpha value is 0.110. The molecule has 1 N–H and O–H groups in total. The molecular formula is C10H21NOS. The quantitative estimate of drug-likeness (QED) is 0.753. The van der Waals surface area contributed by atoms with Gasteiger partial charge in [-0.25, -0.2) is 0 Å². The third-order valence-electron chi connectivity index (χ3n) is 2.78. The molecule has 0 heterocycles. The van der Waals surface area contributed by atoms with Crippen LogP contribution in [0.25, 0.3) is 0 Å². The Morgan fingerprint density at radius 3 is 2.85 bits per heavy atom. The van der Waals surface area contributed by atoms with Crippen molar-refractivity contribution in [3.05, 3.63) is 0 Å². The SMILES string of the molecule is CCCNC1CCCC(S(C)=O)C1. The second-order valence-corrected chi connectivity index (χ2v) is 5.60. The Labute approximate surface area is 83.9 Å². The van der Waals surface area contributed by atoms with Crippen molar-refractivity contribution < 1.29 is 4.21 Å². The maximum absolute atomic E-state index is 11.3. The van der Waals surface area contributed by atoms with Crippen LogP contribution >= 0.6 is 0 Å². The van der Waals surface area contributed by atoms with Crippen molar-refractivity contribution in [3.63, 3.8) is 0 Å². The summed E-state index contributed by atoms with van der Waals surface area (Å²) in [6.07, 6.45) is 7.82. The van der Waals surface area contributed by atoms with Crippen LogP contribution in [-0.4, -0.2) is 28.3 Å². The van der Waals surface area contributed by atoms with Gasteiger partial charge in [0.25, 0.3) is 0 Å². The predicted molar refractivity (Wildman–Crippen MR) is 58.4 cm³/mol. The zero-order chi connectivity index (χ0) is 9.68. The van der Waals surface area contributed by atoms with E-state index < -0.39 is 10.8 Å². The van der Waals surface area contributed by atoms with E-state index in [0.29, 0.717) is 11.3 Å². The van der Waals surface area contributed by atoms with Gasteiger partial charge < -0.3 is 5.32 Å². The topological polar surface area (TPSA) is 29.1 Å². The number of hydrogen-bond donors (Lipinski definition) is 1. The zero-order valence-electron chi connectivity index (χ0n) is 8.71. The molecule has 0 saturated heterocycles. The Morgan fingerprint density at radius 2 is 2.23 bits per heavy atom. The summed E-state index contributed by atoms with van der Waals surface area (Å²) in [5, 5.41) is 3.97. The van der Waals surface area contributed by atoms with E-state index in [2.05, 4.69) is 12.2 Å². The highest BCUT2D eigenvalue weighted by Gasteiger charge is 2.23. The van der Waals surface area contributed by atoms with Gasteiger partial charge in [-0.05, 0) is 32.2 Å². The van der Waals surface area contributed by atoms with Crippen LogP contribution in [0.1, 0.15) is 39.0 Å². The predicted octanol–water partition coefficient (Wildman–Crippen LogP) is 1.68. The average Bonchev–Trinajstić information content (AvgIpc) is 2.15. The fourth-order valence-electron chi connectivity index (χ4n) is 1.98. The van der Waals surface area contributed by atoms with Crippen molar-refractivity contribution >= 4 is 10.8 Å². The summed E-state index contributed by atoms with van der Waals surface area (Å²) in [6, 6.07) is 0.627. The van der Waals surface area contributed by atoms with Gasteiger partial charge in [0.2, 0.25) is 0 Å². The standard InChI is InChI=1S/C10H21NOS/c1-3-7-11-9-5-4-6-10(8-9)13(2)12/h9-11H,3-8H2,1-2H3. The second kappa shape index (κ2) is 5.76. The number of rotatable bonds is 4. The molecule has 0 aliphatic heterocycles. The molecule has 13 heavy (non-hydrogen) atoms. The molecule has 0 aromatic heterocycles. The lowest BCUT2D eigenvalue weighted by Gasteiger charge is -2.28. The van der Waals surface area contributed by atoms with E-state index in [4.69, 9.17) is 0 Å². The molecule has 3 unspecified atom stereocenters. The van der Waals surface area contributed by atoms with Crippen molar-refractivity contribution in [2.75, 3.05) is 12.8 Å². The number of hydrogen-bond acceptors (Lipinski definition) is 2. The monoisotopic (exact) mass is 203 g/mol. The highest BCUT2D eigenvalue weighted by atomic mass is 32.2. The first-order valence-corrected chi connectivity index (χ1v) is 6.91. The molecule has 0 amide bonds. The van der Waals surface area contributed by atoms with E-state index in [1.165, 1.54) is 19.3 Å². The van der Waals surface area contributed by atoms with Crippen LogP contribution in [0.2, 0.25) is 0 Å². The van der Waals surface area contributed by atoms with Crippen molar-refractivity contribution in [1.82, 2.24) is 5.32 Å². The van der Waals surface area contributed by atoms with Crippen molar-refractivity contribution in [2.45, 2.75) is 50.3 Å². The van der Waals surface area contributed by atoms with Gasteiger partial charge in [-0.15, -0.1) is 0 Å². The lowest BCUT2D eigenvalue weighted by atomic mass is 9.95. The van der Waals surface area contributed by atoms with Crippen molar-refractivity contribution in [3.8, 4) is 0 Å². The lowest BCUT2D eigenvalue weighted by Crippen LogP contribution is -2.37.